The molecule has 0 spiro atoms. The molecular weight excluding hydrogens is 242 g/mol. The lowest BCUT2D eigenvalue weighted by atomic mass is 9.98. The molecule has 0 aliphatic rings. The number of benzene rings is 2. The van der Waals surface area contributed by atoms with E-state index in [0.29, 0.717) is 6.42 Å². The van der Waals surface area contributed by atoms with Crippen LogP contribution in [0, 0.1) is 0 Å². The number of carbonyl (C=O) groups is 1. The monoisotopic (exact) mass is 257 g/mol. The molecule has 19 heavy (non-hydrogen) atoms. The summed E-state index contributed by atoms with van der Waals surface area (Å²) in [5, 5.41) is 18.8. The highest BCUT2D eigenvalue weighted by molar-refractivity contribution is 6.02. The topological polar surface area (TPSA) is 83.5 Å². The highest BCUT2D eigenvalue weighted by atomic mass is 16.3. The zero-order valence-corrected chi connectivity index (χ0v) is 10.3. The largest absolute Gasteiger partial charge is 0.508 e. The van der Waals surface area contributed by atoms with Crippen LogP contribution in [0.3, 0.4) is 0 Å². The first-order chi connectivity index (χ1) is 9.08. The number of para-hydroxylation sites is 1. The van der Waals surface area contributed by atoms with Crippen LogP contribution in [0.25, 0.3) is 0 Å². The highest BCUT2D eigenvalue weighted by Crippen LogP contribution is 2.18. The molecular formula is C15H15NO3. The average molecular weight is 257 g/mol. The van der Waals surface area contributed by atoms with Crippen LogP contribution < -0.4 is 5.73 Å². The van der Waals surface area contributed by atoms with Crippen molar-refractivity contribution in [2.24, 2.45) is 5.73 Å². The summed E-state index contributed by atoms with van der Waals surface area (Å²) in [4.78, 5) is 12.1. The third-order valence-corrected chi connectivity index (χ3v) is 2.90. The number of phenolic OH excluding ortho intramolecular Hbond substituents is 2. The molecule has 0 unspecified atom stereocenters. The van der Waals surface area contributed by atoms with Gasteiger partial charge in [0.1, 0.15) is 11.5 Å². The van der Waals surface area contributed by atoms with Crippen LogP contribution >= 0.6 is 0 Å². The Hall–Kier alpha value is -2.33. The van der Waals surface area contributed by atoms with Gasteiger partial charge in [-0.15, -0.1) is 0 Å². The minimum Gasteiger partial charge on any atom is -0.508 e. The number of Topliss-reactive ketones (excluding diaryl/α,β-unsaturated/α-hetero) is 1. The fourth-order valence-corrected chi connectivity index (χ4v) is 1.86. The number of ketones is 1. The maximum atomic E-state index is 12.1. The highest BCUT2D eigenvalue weighted by Gasteiger charge is 2.18. The van der Waals surface area contributed by atoms with Crippen LogP contribution in [-0.2, 0) is 6.42 Å². The Labute approximate surface area is 111 Å². The van der Waals surface area contributed by atoms with E-state index in [1.54, 1.807) is 42.5 Å². The van der Waals surface area contributed by atoms with Crippen molar-refractivity contribution >= 4 is 5.78 Å². The van der Waals surface area contributed by atoms with Gasteiger partial charge in [-0.2, -0.15) is 0 Å². The molecule has 0 radical (unpaired) electrons. The van der Waals surface area contributed by atoms with E-state index in [0.717, 1.165) is 5.56 Å². The molecule has 0 bridgehead atoms. The molecule has 1 atom stereocenters. The number of hydrogen-bond acceptors (Lipinski definition) is 4. The van der Waals surface area contributed by atoms with Crippen molar-refractivity contribution < 1.29 is 15.0 Å². The number of hydrogen-bond donors (Lipinski definition) is 3. The molecule has 0 heterocycles. The van der Waals surface area contributed by atoms with E-state index < -0.39 is 6.04 Å². The molecule has 0 fully saturated rings. The van der Waals surface area contributed by atoms with E-state index in [1.165, 1.54) is 6.07 Å². The lowest BCUT2D eigenvalue weighted by Gasteiger charge is -2.11. The molecule has 4 nitrogen and oxygen atoms in total. The van der Waals surface area contributed by atoms with Crippen molar-refractivity contribution in [1.82, 2.24) is 0 Å². The van der Waals surface area contributed by atoms with Gasteiger partial charge in [0.05, 0.1) is 11.6 Å². The van der Waals surface area contributed by atoms with Gasteiger partial charge in [0.25, 0.3) is 0 Å². The summed E-state index contributed by atoms with van der Waals surface area (Å²) in [7, 11) is 0. The van der Waals surface area contributed by atoms with Crippen LogP contribution in [-0.4, -0.2) is 22.0 Å². The summed E-state index contributed by atoms with van der Waals surface area (Å²) < 4.78 is 0. The van der Waals surface area contributed by atoms with Gasteiger partial charge < -0.3 is 15.9 Å². The SMILES string of the molecule is N[C@@H](Cc1ccc(O)cc1)C(=O)c1ccccc1O. The zero-order valence-electron chi connectivity index (χ0n) is 10.3. The number of aromatic hydroxyl groups is 2. The molecule has 2 rings (SSSR count). The standard InChI is InChI=1S/C15H15NO3/c16-13(9-10-5-7-11(17)8-6-10)15(19)12-3-1-2-4-14(12)18/h1-8,13,17-18H,9,16H2/t13-/m0/s1. The summed E-state index contributed by atoms with van der Waals surface area (Å²) >= 11 is 0. The Kier molecular flexibility index (Phi) is 3.82. The number of phenols is 2. The van der Waals surface area contributed by atoms with Crippen LogP contribution in [0.4, 0.5) is 0 Å². The molecule has 4 N–H and O–H groups in total. The van der Waals surface area contributed by atoms with Crippen molar-refractivity contribution in [2.75, 3.05) is 0 Å². The second kappa shape index (κ2) is 5.54. The maximum absolute atomic E-state index is 12.1. The molecule has 0 amide bonds. The van der Waals surface area contributed by atoms with Gasteiger partial charge in [0.15, 0.2) is 5.78 Å². The van der Waals surface area contributed by atoms with Gasteiger partial charge >= 0.3 is 0 Å². The van der Waals surface area contributed by atoms with E-state index in [9.17, 15) is 15.0 Å². The van der Waals surface area contributed by atoms with Gasteiger partial charge in [0, 0.05) is 0 Å². The number of carbonyl (C=O) groups excluding carboxylic acids is 1. The third-order valence-electron chi connectivity index (χ3n) is 2.90. The minimum absolute atomic E-state index is 0.0614. The Balaban J connectivity index is 2.12. The summed E-state index contributed by atoms with van der Waals surface area (Å²) in [5.74, 6) is -0.191. The Morgan fingerprint density at radius 3 is 2.32 bits per heavy atom. The maximum Gasteiger partial charge on any atom is 0.183 e. The van der Waals surface area contributed by atoms with Crippen molar-refractivity contribution in [3.05, 3.63) is 59.7 Å². The number of nitrogens with two attached hydrogens (primary N) is 1. The lowest BCUT2D eigenvalue weighted by Crippen LogP contribution is -2.32. The van der Waals surface area contributed by atoms with E-state index in [-0.39, 0.29) is 22.8 Å². The Morgan fingerprint density at radius 1 is 1.05 bits per heavy atom. The van der Waals surface area contributed by atoms with Crippen LogP contribution in [0.1, 0.15) is 15.9 Å². The first kappa shape index (κ1) is 13.1. The predicted molar refractivity (Wildman–Crippen MR) is 72.2 cm³/mol. The van der Waals surface area contributed by atoms with Crippen LogP contribution in [0.5, 0.6) is 11.5 Å². The van der Waals surface area contributed by atoms with E-state index in [1.807, 2.05) is 0 Å². The van der Waals surface area contributed by atoms with E-state index in [2.05, 4.69) is 0 Å². The second-order valence-electron chi connectivity index (χ2n) is 4.36. The summed E-state index contributed by atoms with van der Waals surface area (Å²) in [6.45, 7) is 0. The van der Waals surface area contributed by atoms with Gasteiger partial charge in [-0.1, -0.05) is 24.3 Å². The van der Waals surface area contributed by atoms with Crippen LogP contribution in [0.2, 0.25) is 0 Å². The quantitative estimate of drug-likeness (QED) is 0.730. The van der Waals surface area contributed by atoms with Crippen molar-refractivity contribution in [2.45, 2.75) is 12.5 Å². The summed E-state index contributed by atoms with van der Waals surface area (Å²) in [6.07, 6.45) is 0.355. The average Bonchev–Trinajstić information content (AvgIpc) is 2.41. The van der Waals surface area contributed by atoms with Crippen LogP contribution in [0.15, 0.2) is 48.5 Å². The molecule has 0 aliphatic heterocycles. The first-order valence-corrected chi connectivity index (χ1v) is 5.93. The molecule has 0 saturated heterocycles. The van der Waals surface area contributed by atoms with Crippen molar-refractivity contribution in [3.63, 3.8) is 0 Å². The number of rotatable bonds is 4. The molecule has 0 saturated carbocycles. The van der Waals surface area contributed by atoms with Gasteiger partial charge in [-0.3, -0.25) is 4.79 Å². The first-order valence-electron chi connectivity index (χ1n) is 5.93. The molecule has 0 aliphatic carbocycles. The molecule has 2 aromatic rings. The van der Waals surface area contributed by atoms with Crippen molar-refractivity contribution in [1.29, 1.82) is 0 Å². The van der Waals surface area contributed by atoms with Crippen molar-refractivity contribution in [3.8, 4) is 11.5 Å². The fourth-order valence-electron chi connectivity index (χ4n) is 1.86. The van der Waals surface area contributed by atoms with Gasteiger partial charge in [0.2, 0.25) is 0 Å². The van der Waals surface area contributed by atoms with E-state index in [4.69, 9.17) is 5.73 Å². The summed E-state index contributed by atoms with van der Waals surface area (Å²) in [5.41, 5.74) is 6.95. The fraction of sp³-hybridized carbons (Fsp3) is 0.133. The third kappa shape index (κ3) is 3.11. The zero-order chi connectivity index (χ0) is 13.8. The van der Waals surface area contributed by atoms with Gasteiger partial charge in [-0.05, 0) is 36.2 Å². The van der Waals surface area contributed by atoms with E-state index >= 15 is 0 Å². The minimum atomic E-state index is -0.724. The smallest absolute Gasteiger partial charge is 0.183 e. The second-order valence-corrected chi connectivity index (χ2v) is 4.36. The molecule has 0 aromatic heterocycles. The van der Waals surface area contributed by atoms with Gasteiger partial charge in [-0.25, -0.2) is 0 Å². The normalized spacial score (nSPS) is 12.1. The molecule has 2 aromatic carbocycles. The Morgan fingerprint density at radius 2 is 1.68 bits per heavy atom. The Bertz CT molecular complexity index is 578. The molecule has 4 heteroatoms. The predicted octanol–water partition coefficient (Wildman–Crippen LogP) is 1.85. The molecule has 98 valence electrons. The summed E-state index contributed by atoms with van der Waals surface area (Å²) in [6, 6.07) is 12.1. The lowest BCUT2D eigenvalue weighted by molar-refractivity contribution is 0.0958.